The molecule has 0 spiro atoms. The quantitative estimate of drug-likeness (QED) is 0.479. The van der Waals surface area contributed by atoms with Crippen LogP contribution in [-0.4, -0.2) is 5.78 Å². The molecule has 0 saturated heterocycles. The van der Waals surface area contributed by atoms with Crippen molar-refractivity contribution in [3.8, 4) is 0 Å². The first-order valence-electron chi connectivity index (χ1n) is 3.26. The van der Waals surface area contributed by atoms with Crippen molar-refractivity contribution in [3.05, 3.63) is 24.3 Å². The van der Waals surface area contributed by atoms with Crippen LogP contribution in [-0.2, 0) is 4.79 Å². The zero-order valence-corrected chi connectivity index (χ0v) is 5.34. The lowest BCUT2D eigenvalue weighted by molar-refractivity contribution is -0.110. The van der Waals surface area contributed by atoms with Gasteiger partial charge in [0.05, 0.1) is 0 Å². The van der Waals surface area contributed by atoms with Gasteiger partial charge < -0.3 is 0 Å². The van der Waals surface area contributed by atoms with Crippen LogP contribution in [0.5, 0.6) is 0 Å². The molecule has 0 unspecified atom stereocenters. The van der Waals surface area contributed by atoms with Crippen LogP contribution in [0.4, 0.5) is 0 Å². The van der Waals surface area contributed by atoms with E-state index in [1.807, 2.05) is 12.2 Å². The smallest absolute Gasteiger partial charge is 0.177 e. The van der Waals surface area contributed by atoms with E-state index in [-0.39, 0.29) is 5.78 Å². The van der Waals surface area contributed by atoms with Gasteiger partial charge in [0.25, 0.3) is 0 Å². The Hall–Kier alpha value is -0.850. The van der Waals surface area contributed by atoms with Gasteiger partial charge in [-0.3, -0.25) is 4.79 Å². The van der Waals surface area contributed by atoms with Gasteiger partial charge in [-0.15, -0.1) is 0 Å². The van der Waals surface area contributed by atoms with Crippen molar-refractivity contribution >= 4 is 5.78 Å². The van der Waals surface area contributed by atoms with Gasteiger partial charge in [0, 0.05) is 0 Å². The summed E-state index contributed by atoms with van der Waals surface area (Å²) in [7, 11) is 0. The van der Waals surface area contributed by atoms with Gasteiger partial charge in [0.15, 0.2) is 5.78 Å². The topological polar surface area (TPSA) is 17.1 Å². The summed E-state index contributed by atoms with van der Waals surface area (Å²) in [4.78, 5) is 10.7. The Kier molecular flexibility index (Phi) is 2.25. The molecule has 0 bridgehead atoms. The fourth-order valence-corrected chi connectivity index (χ4v) is 0.808. The maximum atomic E-state index is 10.7. The Morgan fingerprint density at radius 3 is 2.22 bits per heavy atom. The number of carbonyl (C=O) groups excluding carboxylic acids is 1. The van der Waals surface area contributed by atoms with Gasteiger partial charge in [-0.25, -0.2) is 0 Å². The van der Waals surface area contributed by atoms with E-state index in [0.29, 0.717) is 0 Å². The maximum Gasteiger partial charge on any atom is 0.177 e. The second kappa shape index (κ2) is 3.23. The fraction of sp³-hybridized carbons (Fsp3) is 0.375. The number of hydrogen-bond donors (Lipinski definition) is 0. The molecule has 0 aromatic heterocycles. The first-order valence-corrected chi connectivity index (χ1v) is 3.26. The number of ketones is 1. The van der Waals surface area contributed by atoms with E-state index in [1.54, 1.807) is 12.2 Å². The van der Waals surface area contributed by atoms with Crippen LogP contribution in [0.1, 0.15) is 19.3 Å². The minimum Gasteiger partial charge on any atom is -0.290 e. The molecule has 1 aliphatic carbocycles. The first kappa shape index (κ1) is 6.27. The third-order valence-corrected chi connectivity index (χ3v) is 1.31. The molecule has 1 heteroatoms. The van der Waals surface area contributed by atoms with Crippen LogP contribution in [0.3, 0.4) is 0 Å². The molecule has 0 atom stereocenters. The summed E-state index contributed by atoms with van der Waals surface area (Å²) >= 11 is 0. The first-order chi connectivity index (χ1) is 4.39. The molecule has 1 aliphatic rings. The van der Waals surface area contributed by atoms with Crippen LogP contribution in [0.25, 0.3) is 0 Å². The lowest BCUT2D eigenvalue weighted by atomic mass is 10.1. The summed E-state index contributed by atoms with van der Waals surface area (Å²) in [5.41, 5.74) is 0. The monoisotopic (exact) mass is 122 g/mol. The van der Waals surface area contributed by atoms with E-state index in [2.05, 4.69) is 0 Å². The Labute approximate surface area is 55.1 Å². The molecule has 0 aliphatic heterocycles. The van der Waals surface area contributed by atoms with E-state index in [4.69, 9.17) is 0 Å². The summed E-state index contributed by atoms with van der Waals surface area (Å²) in [6, 6.07) is 0. The summed E-state index contributed by atoms with van der Waals surface area (Å²) < 4.78 is 0. The van der Waals surface area contributed by atoms with Gasteiger partial charge in [0.2, 0.25) is 0 Å². The SMILES string of the molecule is O=C1C=CCCC/C=C\1. The Bertz CT molecular complexity index is 138. The predicted molar refractivity (Wildman–Crippen MR) is 37.1 cm³/mol. The minimum atomic E-state index is 0.120. The molecule has 0 heterocycles. The Morgan fingerprint density at radius 1 is 1.11 bits per heavy atom. The van der Waals surface area contributed by atoms with Crippen LogP contribution in [0.15, 0.2) is 24.3 Å². The number of hydrogen-bond acceptors (Lipinski definition) is 1. The number of rotatable bonds is 0. The molecular weight excluding hydrogens is 112 g/mol. The Balaban J connectivity index is 2.55. The molecule has 48 valence electrons. The minimum absolute atomic E-state index is 0.120. The molecule has 0 aromatic rings. The van der Waals surface area contributed by atoms with E-state index < -0.39 is 0 Å². The summed E-state index contributed by atoms with van der Waals surface area (Å²) in [5, 5.41) is 0. The van der Waals surface area contributed by atoms with Crippen molar-refractivity contribution < 1.29 is 4.79 Å². The molecular formula is C8H10O. The van der Waals surface area contributed by atoms with Gasteiger partial charge in [-0.05, 0) is 31.4 Å². The van der Waals surface area contributed by atoms with Crippen molar-refractivity contribution in [2.24, 2.45) is 0 Å². The molecule has 0 radical (unpaired) electrons. The highest BCUT2D eigenvalue weighted by Crippen LogP contribution is 2.01. The maximum absolute atomic E-state index is 10.7. The third kappa shape index (κ3) is 2.27. The lowest BCUT2D eigenvalue weighted by Gasteiger charge is -1.92. The average molecular weight is 122 g/mol. The highest BCUT2D eigenvalue weighted by molar-refractivity contribution is 5.99. The van der Waals surface area contributed by atoms with Crippen molar-refractivity contribution in [1.29, 1.82) is 0 Å². The van der Waals surface area contributed by atoms with Gasteiger partial charge in [-0.1, -0.05) is 12.2 Å². The van der Waals surface area contributed by atoms with Gasteiger partial charge >= 0.3 is 0 Å². The number of allylic oxidation sites excluding steroid dienone is 4. The van der Waals surface area contributed by atoms with Crippen molar-refractivity contribution in [3.63, 3.8) is 0 Å². The standard InChI is InChI=1S/C8H10O/c9-8-6-4-2-1-3-5-7-8/h4-7H,1-3H2/b6-4-,7-5?. The van der Waals surface area contributed by atoms with Crippen LogP contribution in [0, 0.1) is 0 Å². The third-order valence-electron chi connectivity index (χ3n) is 1.31. The van der Waals surface area contributed by atoms with Crippen LogP contribution in [0.2, 0.25) is 0 Å². The van der Waals surface area contributed by atoms with E-state index in [1.165, 1.54) is 6.42 Å². The zero-order chi connectivity index (χ0) is 6.53. The zero-order valence-electron chi connectivity index (χ0n) is 5.34. The highest BCUT2D eigenvalue weighted by atomic mass is 16.1. The molecule has 0 aromatic carbocycles. The van der Waals surface area contributed by atoms with E-state index >= 15 is 0 Å². The van der Waals surface area contributed by atoms with E-state index in [0.717, 1.165) is 12.8 Å². The summed E-state index contributed by atoms with van der Waals surface area (Å²) in [6.07, 6.45) is 10.4. The number of carbonyl (C=O) groups is 1. The average Bonchev–Trinajstić information content (AvgIpc) is 1.79. The largest absolute Gasteiger partial charge is 0.290 e. The van der Waals surface area contributed by atoms with E-state index in [9.17, 15) is 4.79 Å². The lowest BCUT2D eigenvalue weighted by Crippen LogP contribution is -1.87. The molecule has 1 nitrogen and oxygen atoms in total. The molecule has 0 N–H and O–H groups in total. The second-order valence-corrected chi connectivity index (χ2v) is 2.14. The van der Waals surface area contributed by atoms with Crippen molar-refractivity contribution in [2.45, 2.75) is 19.3 Å². The van der Waals surface area contributed by atoms with Crippen molar-refractivity contribution in [1.82, 2.24) is 0 Å². The molecule has 1 rings (SSSR count). The van der Waals surface area contributed by atoms with Crippen molar-refractivity contribution in [2.75, 3.05) is 0 Å². The normalized spacial score (nSPS) is 22.9. The Morgan fingerprint density at radius 2 is 1.67 bits per heavy atom. The molecule has 0 amide bonds. The van der Waals surface area contributed by atoms with Crippen LogP contribution < -0.4 is 0 Å². The molecule has 0 fully saturated rings. The second-order valence-electron chi connectivity index (χ2n) is 2.14. The van der Waals surface area contributed by atoms with Gasteiger partial charge in [-0.2, -0.15) is 0 Å². The van der Waals surface area contributed by atoms with Gasteiger partial charge in [0.1, 0.15) is 0 Å². The van der Waals surface area contributed by atoms with Crippen LogP contribution >= 0.6 is 0 Å². The summed E-state index contributed by atoms with van der Waals surface area (Å²) in [5.74, 6) is 0.120. The predicted octanol–water partition coefficient (Wildman–Crippen LogP) is 1.85. The highest BCUT2D eigenvalue weighted by Gasteiger charge is 1.90. The fourth-order valence-electron chi connectivity index (χ4n) is 0.808. The summed E-state index contributed by atoms with van der Waals surface area (Å²) in [6.45, 7) is 0. The molecule has 0 saturated carbocycles. The molecule has 9 heavy (non-hydrogen) atoms.